The third kappa shape index (κ3) is 2.42. The number of halogens is 2. The Balaban J connectivity index is 2.99. The van der Waals surface area contributed by atoms with Crippen molar-refractivity contribution >= 4 is 23.1 Å². The zero-order chi connectivity index (χ0) is 9.84. The van der Waals surface area contributed by atoms with E-state index < -0.39 is 5.82 Å². The van der Waals surface area contributed by atoms with Gasteiger partial charge in [-0.15, -0.1) is 11.6 Å². The Morgan fingerprint density at radius 2 is 2.23 bits per heavy atom. The summed E-state index contributed by atoms with van der Waals surface area (Å²) in [5, 5.41) is 0. The maximum atomic E-state index is 12.7. The third-order valence-corrected chi connectivity index (χ3v) is 1.83. The van der Waals surface area contributed by atoms with Crippen molar-refractivity contribution in [2.24, 2.45) is 0 Å². The smallest absolute Gasteiger partial charge is 0.166 e. The van der Waals surface area contributed by atoms with Crippen LogP contribution in [0.25, 0.3) is 0 Å². The maximum absolute atomic E-state index is 12.7. The number of Topliss-reactive ketones (excluding diaryl/α,β-unsaturated/α-hetero) is 1. The monoisotopic (exact) mass is 201 g/mol. The van der Waals surface area contributed by atoms with Gasteiger partial charge in [-0.1, -0.05) is 0 Å². The Labute approximate surface area is 80.5 Å². The van der Waals surface area contributed by atoms with E-state index >= 15 is 0 Å². The quantitative estimate of drug-likeness (QED) is 0.463. The number of nitrogens with two attached hydrogens (primary N) is 1. The topological polar surface area (TPSA) is 43.1 Å². The number of hydrogen-bond donors (Lipinski definition) is 1. The molecule has 1 rings (SSSR count). The summed E-state index contributed by atoms with van der Waals surface area (Å²) < 4.78 is 12.7. The lowest BCUT2D eigenvalue weighted by Crippen LogP contribution is -2.04. The van der Waals surface area contributed by atoms with Crippen molar-refractivity contribution in [1.29, 1.82) is 0 Å². The molecule has 0 spiro atoms. The van der Waals surface area contributed by atoms with Gasteiger partial charge in [0.2, 0.25) is 0 Å². The molecule has 0 unspecified atom stereocenters. The summed E-state index contributed by atoms with van der Waals surface area (Å²) in [4.78, 5) is 11.3. The first-order valence-corrected chi connectivity index (χ1v) is 4.33. The number of hydrogen-bond acceptors (Lipinski definition) is 2. The second-order valence-corrected chi connectivity index (χ2v) is 2.97. The van der Waals surface area contributed by atoms with Crippen molar-refractivity contribution in [2.45, 2.75) is 6.42 Å². The molecule has 0 aliphatic carbocycles. The van der Waals surface area contributed by atoms with Gasteiger partial charge >= 0.3 is 0 Å². The maximum Gasteiger partial charge on any atom is 0.166 e. The average molecular weight is 202 g/mol. The summed E-state index contributed by atoms with van der Waals surface area (Å²) in [5.41, 5.74) is 5.99. The molecule has 0 aromatic heterocycles. The van der Waals surface area contributed by atoms with Crippen LogP contribution in [0.5, 0.6) is 0 Å². The molecular formula is C9H9ClFNO. The first-order chi connectivity index (χ1) is 6.15. The molecule has 0 bridgehead atoms. The summed E-state index contributed by atoms with van der Waals surface area (Å²) in [6.45, 7) is 0. The fourth-order valence-corrected chi connectivity index (χ4v) is 1.16. The summed E-state index contributed by atoms with van der Waals surface area (Å²) >= 11 is 5.38. The molecule has 1 aromatic carbocycles. The standard InChI is InChI=1S/C9H9ClFNO/c10-4-3-9(13)7-5-6(11)1-2-8(7)12/h1-2,5H,3-4,12H2. The summed E-state index contributed by atoms with van der Waals surface area (Å²) in [6, 6.07) is 3.72. The molecule has 0 aliphatic heterocycles. The number of carbonyl (C=O) groups excluding carboxylic acids is 1. The molecule has 2 N–H and O–H groups in total. The van der Waals surface area contributed by atoms with Crippen LogP contribution >= 0.6 is 11.6 Å². The molecule has 0 amide bonds. The Hall–Kier alpha value is -1.09. The molecule has 2 nitrogen and oxygen atoms in total. The SMILES string of the molecule is Nc1ccc(F)cc1C(=O)CCCl. The van der Waals surface area contributed by atoms with Gasteiger partial charge in [-0.05, 0) is 18.2 Å². The van der Waals surface area contributed by atoms with Crippen LogP contribution < -0.4 is 5.73 Å². The van der Waals surface area contributed by atoms with Gasteiger partial charge in [0.15, 0.2) is 5.78 Å². The van der Waals surface area contributed by atoms with Crippen molar-refractivity contribution < 1.29 is 9.18 Å². The van der Waals surface area contributed by atoms with E-state index in [1.165, 1.54) is 12.1 Å². The molecule has 0 aliphatic rings. The third-order valence-electron chi connectivity index (χ3n) is 1.64. The fraction of sp³-hybridized carbons (Fsp3) is 0.222. The highest BCUT2D eigenvalue weighted by Crippen LogP contribution is 2.15. The number of benzene rings is 1. The minimum atomic E-state index is -0.466. The van der Waals surface area contributed by atoms with Gasteiger partial charge in [-0.3, -0.25) is 4.79 Å². The minimum Gasteiger partial charge on any atom is -0.398 e. The number of ketones is 1. The minimum absolute atomic E-state index is 0.176. The molecule has 13 heavy (non-hydrogen) atoms. The van der Waals surface area contributed by atoms with E-state index in [2.05, 4.69) is 0 Å². The number of alkyl halides is 1. The highest BCUT2D eigenvalue weighted by molar-refractivity contribution is 6.19. The lowest BCUT2D eigenvalue weighted by atomic mass is 10.1. The van der Waals surface area contributed by atoms with Crippen LogP contribution in [-0.4, -0.2) is 11.7 Å². The average Bonchev–Trinajstić information content (AvgIpc) is 2.09. The van der Waals surface area contributed by atoms with Gasteiger partial charge < -0.3 is 5.73 Å². The summed E-state index contributed by atoms with van der Waals surface area (Å²) in [5.74, 6) is -0.478. The van der Waals surface area contributed by atoms with Crippen LogP contribution in [0.1, 0.15) is 16.8 Å². The van der Waals surface area contributed by atoms with Gasteiger partial charge in [0.1, 0.15) is 5.82 Å². The Morgan fingerprint density at radius 3 is 2.85 bits per heavy atom. The fourth-order valence-electron chi connectivity index (χ4n) is 0.990. The van der Waals surface area contributed by atoms with E-state index in [1.54, 1.807) is 0 Å². The van der Waals surface area contributed by atoms with Crippen molar-refractivity contribution in [1.82, 2.24) is 0 Å². The van der Waals surface area contributed by atoms with Crippen LogP contribution in [0.3, 0.4) is 0 Å². The van der Waals surface area contributed by atoms with E-state index in [1.807, 2.05) is 0 Å². The Bertz CT molecular complexity index is 327. The first-order valence-electron chi connectivity index (χ1n) is 3.79. The van der Waals surface area contributed by atoms with Gasteiger partial charge in [-0.2, -0.15) is 0 Å². The molecule has 0 radical (unpaired) electrons. The van der Waals surface area contributed by atoms with Crippen LogP contribution in [-0.2, 0) is 0 Å². The highest BCUT2D eigenvalue weighted by Gasteiger charge is 2.09. The van der Waals surface area contributed by atoms with Gasteiger partial charge in [-0.25, -0.2) is 4.39 Å². The van der Waals surface area contributed by atoms with E-state index in [0.717, 1.165) is 6.07 Å². The molecule has 4 heteroatoms. The number of nitrogen functional groups attached to an aromatic ring is 1. The second-order valence-electron chi connectivity index (χ2n) is 2.59. The van der Waals surface area contributed by atoms with Crippen LogP contribution in [0.15, 0.2) is 18.2 Å². The van der Waals surface area contributed by atoms with Crippen molar-refractivity contribution in [2.75, 3.05) is 11.6 Å². The molecule has 0 fully saturated rings. The predicted molar refractivity (Wildman–Crippen MR) is 50.5 cm³/mol. The molecular weight excluding hydrogens is 193 g/mol. The first kappa shape index (κ1) is 9.99. The second kappa shape index (κ2) is 4.23. The molecule has 0 atom stereocenters. The van der Waals surface area contributed by atoms with Crippen molar-refractivity contribution in [3.05, 3.63) is 29.6 Å². The van der Waals surface area contributed by atoms with E-state index in [-0.39, 0.29) is 29.3 Å². The van der Waals surface area contributed by atoms with Crippen LogP contribution in [0.4, 0.5) is 10.1 Å². The molecule has 1 aromatic rings. The predicted octanol–water partition coefficient (Wildman–Crippen LogP) is 2.22. The van der Waals surface area contributed by atoms with Crippen LogP contribution in [0.2, 0.25) is 0 Å². The largest absolute Gasteiger partial charge is 0.398 e. The van der Waals surface area contributed by atoms with Gasteiger partial charge in [0.05, 0.1) is 0 Å². The number of anilines is 1. The zero-order valence-electron chi connectivity index (χ0n) is 6.89. The Morgan fingerprint density at radius 1 is 1.54 bits per heavy atom. The van der Waals surface area contributed by atoms with Gasteiger partial charge in [0.25, 0.3) is 0 Å². The highest BCUT2D eigenvalue weighted by atomic mass is 35.5. The van der Waals surface area contributed by atoms with Crippen LogP contribution in [0, 0.1) is 5.82 Å². The Kier molecular flexibility index (Phi) is 3.25. The van der Waals surface area contributed by atoms with Crippen molar-refractivity contribution in [3.8, 4) is 0 Å². The lowest BCUT2D eigenvalue weighted by molar-refractivity contribution is 0.0989. The van der Waals surface area contributed by atoms with E-state index in [4.69, 9.17) is 17.3 Å². The summed E-state index contributed by atoms with van der Waals surface area (Å²) in [7, 11) is 0. The zero-order valence-corrected chi connectivity index (χ0v) is 7.64. The lowest BCUT2D eigenvalue weighted by Gasteiger charge is -2.02. The van der Waals surface area contributed by atoms with Gasteiger partial charge in [0, 0.05) is 23.6 Å². The van der Waals surface area contributed by atoms with E-state index in [9.17, 15) is 9.18 Å². The molecule has 0 saturated carbocycles. The molecule has 70 valence electrons. The number of carbonyl (C=O) groups is 1. The van der Waals surface area contributed by atoms with Crippen molar-refractivity contribution in [3.63, 3.8) is 0 Å². The number of rotatable bonds is 3. The van der Waals surface area contributed by atoms with E-state index in [0.29, 0.717) is 0 Å². The molecule has 0 saturated heterocycles. The summed E-state index contributed by atoms with van der Waals surface area (Å²) in [6.07, 6.45) is 0.176. The molecule has 0 heterocycles. The normalized spacial score (nSPS) is 10.0.